The number of nitrogens with one attached hydrogen (secondary N) is 1. The van der Waals surface area contributed by atoms with Gasteiger partial charge in [0.05, 0.1) is 4.34 Å². The Kier molecular flexibility index (Phi) is 6.13. The SMILES string of the molecule is NC(=O)NCc1ccc(C(=O)N2CCN(Cc3ccc(Cl)s3)CC2)cc1. The minimum absolute atomic E-state index is 0.0400. The molecule has 138 valence electrons. The number of primary amides is 1. The lowest BCUT2D eigenvalue weighted by Crippen LogP contribution is -2.48. The van der Waals surface area contributed by atoms with Crippen LogP contribution in [-0.2, 0) is 13.1 Å². The second-order valence-electron chi connectivity index (χ2n) is 6.19. The molecule has 0 saturated carbocycles. The van der Waals surface area contributed by atoms with E-state index in [1.165, 1.54) is 4.88 Å². The number of hydrogen-bond acceptors (Lipinski definition) is 4. The van der Waals surface area contributed by atoms with E-state index in [0.29, 0.717) is 25.2 Å². The summed E-state index contributed by atoms with van der Waals surface area (Å²) < 4.78 is 0.809. The molecule has 3 rings (SSSR count). The standard InChI is InChI=1S/C18H21ClN4O2S/c19-16-6-5-15(26-16)12-22-7-9-23(10-8-22)17(24)14-3-1-13(2-4-14)11-21-18(20)25/h1-6H,7-12H2,(H3,20,21,25). The summed E-state index contributed by atoms with van der Waals surface area (Å²) in [5.41, 5.74) is 6.62. The lowest BCUT2D eigenvalue weighted by molar-refractivity contribution is 0.0629. The number of nitrogens with zero attached hydrogens (tertiary/aromatic N) is 2. The molecule has 8 heteroatoms. The highest BCUT2D eigenvalue weighted by molar-refractivity contribution is 7.16. The summed E-state index contributed by atoms with van der Waals surface area (Å²) in [6.45, 7) is 4.35. The van der Waals surface area contributed by atoms with Gasteiger partial charge in [0.25, 0.3) is 5.91 Å². The summed E-state index contributed by atoms with van der Waals surface area (Å²) in [7, 11) is 0. The van der Waals surface area contributed by atoms with Gasteiger partial charge in [-0.3, -0.25) is 9.69 Å². The van der Waals surface area contributed by atoms with E-state index in [9.17, 15) is 9.59 Å². The molecule has 1 aliphatic rings. The predicted octanol–water partition coefficient (Wildman–Crippen LogP) is 2.53. The number of halogens is 1. The maximum atomic E-state index is 12.6. The molecule has 1 fully saturated rings. The van der Waals surface area contributed by atoms with Gasteiger partial charge in [0.15, 0.2) is 0 Å². The van der Waals surface area contributed by atoms with Crippen LogP contribution in [0.25, 0.3) is 0 Å². The molecule has 3 amide bonds. The molecular formula is C18H21ClN4O2S. The van der Waals surface area contributed by atoms with Crippen molar-refractivity contribution >= 4 is 34.9 Å². The van der Waals surface area contributed by atoms with Crippen molar-refractivity contribution < 1.29 is 9.59 Å². The predicted molar refractivity (Wildman–Crippen MR) is 103 cm³/mol. The van der Waals surface area contributed by atoms with Crippen LogP contribution in [0.4, 0.5) is 4.79 Å². The van der Waals surface area contributed by atoms with Crippen LogP contribution in [0.5, 0.6) is 0 Å². The maximum Gasteiger partial charge on any atom is 0.312 e. The smallest absolute Gasteiger partial charge is 0.312 e. The third-order valence-corrected chi connectivity index (χ3v) is 5.55. The average molecular weight is 393 g/mol. The van der Waals surface area contributed by atoms with Gasteiger partial charge in [0, 0.05) is 49.7 Å². The largest absolute Gasteiger partial charge is 0.352 e. The van der Waals surface area contributed by atoms with Crippen molar-refractivity contribution in [2.75, 3.05) is 26.2 Å². The molecule has 1 aromatic heterocycles. The van der Waals surface area contributed by atoms with Gasteiger partial charge in [-0.15, -0.1) is 11.3 Å². The molecule has 1 saturated heterocycles. The lowest BCUT2D eigenvalue weighted by atomic mass is 10.1. The van der Waals surface area contributed by atoms with Gasteiger partial charge in [-0.05, 0) is 29.8 Å². The normalized spacial score (nSPS) is 15.0. The Morgan fingerprint density at radius 3 is 2.35 bits per heavy atom. The Morgan fingerprint density at radius 2 is 1.77 bits per heavy atom. The van der Waals surface area contributed by atoms with Gasteiger partial charge in [0.2, 0.25) is 0 Å². The zero-order chi connectivity index (χ0) is 18.5. The summed E-state index contributed by atoms with van der Waals surface area (Å²) in [6.07, 6.45) is 0. The van der Waals surface area contributed by atoms with E-state index in [-0.39, 0.29) is 5.91 Å². The van der Waals surface area contributed by atoms with E-state index in [1.807, 2.05) is 23.1 Å². The highest BCUT2D eigenvalue weighted by Gasteiger charge is 2.22. The molecule has 2 aromatic rings. The highest BCUT2D eigenvalue weighted by Crippen LogP contribution is 2.23. The van der Waals surface area contributed by atoms with E-state index in [1.54, 1.807) is 23.5 Å². The van der Waals surface area contributed by atoms with E-state index in [0.717, 1.165) is 29.5 Å². The Morgan fingerprint density at radius 1 is 1.08 bits per heavy atom. The molecule has 6 nitrogen and oxygen atoms in total. The quantitative estimate of drug-likeness (QED) is 0.820. The minimum atomic E-state index is -0.562. The molecule has 0 spiro atoms. The molecule has 26 heavy (non-hydrogen) atoms. The van der Waals surface area contributed by atoms with Crippen molar-refractivity contribution in [3.63, 3.8) is 0 Å². The van der Waals surface area contributed by atoms with Gasteiger partial charge >= 0.3 is 6.03 Å². The van der Waals surface area contributed by atoms with Gasteiger partial charge in [-0.2, -0.15) is 0 Å². The van der Waals surface area contributed by atoms with E-state index < -0.39 is 6.03 Å². The minimum Gasteiger partial charge on any atom is -0.352 e. The van der Waals surface area contributed by atoms with Gasteiger partial charge < -0.3 is 16.0 Å². The second-order valence-corrected chi connectivity index (χ2v) is 7.99. The van der Waals surface area contributed by atoms with Crippen LogP contribution >= 0.6 is 22.9 Å². The van der Waals surface area contributed by atoms with Gasteiger partial charge in [-0.1, -0.05) is 23.7 Å². The maximum absolute atomic E-state index is 12.6. The van der Waals surface area contributed by atoms with E-state index in [4.69, 9.17) is 17.3 Å². The third kappa shape index (κ3) is 4.97. The van der Waals surface area contributed by atoms with Crippen molar-refractivity contribution in [2.45, 2.75) is 13.1 Å². The van der Waals surface area contributed by atoms with Crippen molar-refractivity contribution in [1.29, 1.82) is 0 Å². The third-order valence-electron chi connectivity index (χ3n) is 4.34. The molecule has 0 unspecified atom stereocenters. The topological polar surface area (TPSA) is 78.7 Å². The van der Waals surface area contributed by atoms with Crippen molar-refractivity contribution in [3.8, 4) is 0 Å². The number of hydrogen-bond donors (Lipinski definition) is 2. The van der Waals surface area contributed by atoms with Crippen LogP contribution in [0.3, 0.4) is 0 Å². The molecule has 0 bridgehead atoms. The Hall–Kier alpha value is -2.09. The number of nitrogens with two attached hydrogens (primary N) is 1. The van der Waals surface area contributed by atoms with Gasteiger partial charge in [-0.25, -0.2) is 4.79 Å². The number of rotatable bonds is 5. The van der Waals surface area contributed by atoms with Crippen LogP contribution in [0.1, 0.15) is 20.8 Å². The van der Waals surface area contributed by atoms with Gasteiger partial charge in [0.1, 0.15) is 0 Å². The summed E-state index contributed by atoms with van der Waals surface area (Å²) in [5.74, 6) is 0.0400. The fourth-order valence-electron chi connectivity index (χ4n) is 2.90. The summed E-state index contributed by atoms with van der Waals surface area (Å²) >= 11 is 7.58. The number of urea groups is 1. The first kappa shape index (κ1) is 18.7. The Bertz CT molecular complexity index is 770. The van der Waals surface area contributed by atoms with Crippen LogP contribution in [0.15, 0.2) is 36.4 Å². The first-order chi connectivity index (χ1) is 12.5. The first-order valence-corrected chi connectivity index (χ1v) is 9.59. The van der Waals surface area contributed by atoms with E-state index >= 15 is 0 Å². The van der Waals surface area contributed by atoms with Crippen molar-refractivity contribution in [1.82, 2.24) is 15.1 Å². The summed E-state index contributed by atoms with van der Waals surface area (Å²) in [5, 5.41) is 2.53. The zero-order valence-electron chi connectivity index (χ0n) is 14.3. The number of piperazine rings is 1. The van der Waals surface area contributed by atoms with Crippen LogP contribution in [0.2, 0.25) is 4.34 Å². The number of carbonyl (C=O) groups excluding carboxylic acids is 2. The average Bonchev–Trinajstić information content (AvgIpc) is 3.05. The van der Waals surface area contributed by atoms with Crippen LogP contribution in [-0.4, -0.2) is 47.9 Å². The monoisotopic (exact) mass is 392 g/mol. The zero-order valence-corrected chi connectivity index (χ0v) is 15.9. The van der Waals surface area contributed by atoms with Crippen molar-refractivity contribution in [2.24, 2.45) is 5.73 Å². The van der Waals surface area contributed by atoms with Crippen LogP contribution in [0, 0.1) is 0 Å². The molecule has 0 atom stereocenters. The first-order valence-electron chi connectivity index (χ1n) is 8.39. The number of thiophene rings is 1. The summed E-state index contributed by atoms with van der Waals surface area (Å²) in [6, 6.07) is 10.7. The molecule has 0 aliphatic carbocycles. The fourth-order valence-corrected chi connectivity index (χ4v) is 4.03. The molecule has 1 aromatic carbocycles. The molecule has 3 N–H and O–H groups in total. The Balaban J connectivity index is 1.50. The molecular weight excluding hydrogens is 372 g/mol. The summed E-state index contributed by atoms with van der Waals surface area (Å²) in [4.78, 5) is 28.9. The van der Waals surface area contributed by atoms with Crippen molar-refractivity contribution in [3.05, 3.63) is 56.7 Å². The number of carbonyl (C=O) groups is 2. The molecule has 2 heterocycles. The molecule has 0 radical (unpaired) electrons. The van der Waals surface area contributed by atoms with E-state index in [2.05, 4.69) is 16.3 Å². The number of benzene rings is 1. The fraction of sp³-hybridized carbons (Fsp3) is 0.333. The number of amides is 3. The molecule has 1 aliphatic heterocycles. The lowest BCUT2D eigenvalue weighted by Gasteiger charge is -2.34. The second kappa shape index (κ2) is 8.53. The van der Waals surface area contributed by atoms with Crippen LogP contribution < -0.4 is 11.1 Å². The highest BCUT2D eigenvalue weighted by atomic mass is 35.5. The Labute approximate surface area is 161 Å².